The maximum atomic E-state index is 5.57. The van der Waals surface area contributed by atoms with Gasteiger partial charge in [-0.3, -0.25) is 9.89 Å². The lowest BCUT2D eigenvalue weighted by Crippen LogP contribution is -2.43. The molecule has 0 atom stereocenters. The lowest BCUT2D eigenvalue weighted by Gasteiger charge is -2.22. The van der Waals surface area contributed by atoms with Gasteiger partial charge in [0.05, 0.1) is 13.2 Å². The number of methoxy groups -OCH3 is 1. The fourth-order valence-electron chi connectivity index (χ4n) is 3.38. The van der Waals surface area contributed by atoms with E-state index in [-0.39, 0.29) is 24.0 Å². The molecule has 152 valence electrons. The SMILES string of the molecule is CN=C(NCCc1ccc2c(c1)CCO2)NCCN(CCOC)C1CC1.I. The molecule has 0 saturated heterocycles. The molecule has 0 bridgehead atoms. The Hall–Kier alpha value is -1.06. The first-order valence-electron chi connectivity index (χ1n) is 9.72. The Morgan fingerprint density at radius 3 is 2.81 bits per heavy atom. The summed E-state index contributed by atoms with van der Waals surface area (Å²) in [6.45, 7) is 5.42. The number of benzene rings is 1. The molecule has 0 spiro atoms. The van der Waals surface area contributed by atoms with Crippen LogP contribution < -0.4 is 15.4 Å². The number of fused-ring (bicyclic) bond motifs is 1. The third-order valence-corrected chi connectivity index (χ3v) is 5.02. The minimum atomic E-state index is 0. The van der Waals surface area contributed by atoms with Gasteiger partial charge >= 0.3 is 0 Å². The van der Waals surface area contributed by atoms with E-state index >= 15 is 0 Å². The molecule has 7 heteroatoms. The Balaban J connectivity index is 0.00000261. The molecule has 1 fully saturated rings. The molecule has 1 aliphatic carbocycles. The first-order chi connectivity index (χ1) is 12.8. The van der Waals surface area contributed by atoms with E-state index in [1.54, 1.807) is 7.11 Å². The highest BCUT2D eigenvalue weighted by Gasteiger charge is 2.28. The van der Waals surface area contributed by atoms with Crippen LogP contribution in [0.4, 0.5) is 0 Å². The lowest BCUT2D eigenvalue weighted by atomic mass is 10.1. The van der Waals surface area contributed by atoms with Crippen LogP contribution in [0.5, 0.6) is 5.75 Å². The summed E-state index contributed by atoms with van der Waals surface area (Å²) >= 11 is 0. The lowest BCUT2D eigenvalue weighted by molar-refractivity contribution is 0.144. The van der Waals surface area contributed by atoms with Gasteiger partial charge in [0.2, 0.25) is 0 Å². The number of nitrogens with zero attached hydrogens (tertiary/aromatic N) is 2. The van der Waals surface area contributed by atoms with Crippen molar-refractivity contribution in [3.63, 3.8) is 0 Å². The van der Waals surface area contributed by atoms with Crippen molar-refractivity contribution in [2.24, 2.45) is 4.99 Å². The molecular weight excluding hydrogens is 455 g/mol. The molecular formula is C20H33IN4O2. The van der Waals surface area contributed by atoms with Crippen molar-refractivity contribution in [1.29, 1.82) is 0 Å². The third kappa shape index (κ3) is 7.12. The Morgan fingerprint density at radius 2 is 2.07 bits per heavy atom. The summed E-state index contributed by atoms with van der Waals surface area (Å²) in [6.07, 6.45) is 4.65. The number of hydrogen-bond donors (Lipinski definition) is 2. The minimum Gasteiger partial charge on any atom is -0.493 e. The standard InChI is InChI=1S/C20H32N4O2.HI/c1-21-20(23-10-11-24(12-14-25-2)18-4-5-18)22-9-7-16-3-6-19-17(15-16)8-13-26-19;/h3,6,15,18H,4-5,7-14H2,1-2H3,(H2,21,22,23);1H. The molecule has 6 nitrogen and oxygen atoms in total. The van der Waals surface area contributed by atoms with Crippen LogP contribution >= 0.6 is 24.0 Å². The smallest absolute Gasteiger partial charge is 0.191 e. The Morgan fingerprint density at radius 1 is 1.26 bits per heavy atom. The van der Waals surface area contributed by atoms with E-state index < -0.39 is 0 Å². The molecule has 1 aromatic rings. The van der Waals surface area contributed by atoms with Gasteiger partial charge in [-0.2, -0.15) is 0 Å². The van der Waals surface area contributed by atoms with Crippen molar-refractivity contribution in [2.45, 2.75) is 31.7 Å². The predicted molar refractivity (Wildman–Crippen MR) is 121 cm³/mol. The number of halogens is 1. The second-order valence-corrected chi connectivity index (χ2v) is 6.98. The first kappa shape index (κ1) is 22.2. The van der Waals surface area contributed by atoms with Crippen molar-refractivity contribution >= 4 is 29.9 Å². The van der Waals surface area contributed by atoms with Gasteiger partial charge in [0.1, 0.15) is 5.75 Å². The monoisotopic (exact) mass is 488 g/mol. The van der Waals surface area contributed by atoms with Gasteiger partial charge in [0.15, 0.2) is 5.96 Å². The van der Waals surface area contributed by atoms with Crippen molar-refractivity contribution in [3.05, 3.63) is 29.3 Å². The van der Waals surface area contributed by atoms with Crippen LogP contribution in [0, 0.1) is 0 Å². The molecule has 2 aliphatic rings. The summed E-state index contributed by atoms with van der Waals surface area (Å²) in [6, 6.07) is 7.28. The highest BCUT2D eigenvalue weighted by Crippen LogP contribution is 2.26. The summed E-state index contributed by atoms with van der Waals surface area (Å²) < 4.78 is 10.8. The number of guanidine groups is 1. The van der Waals surface area contributed by atoms with E-state index in [1.807, 2.05) is 7.05 Å². The molecule has 0 radical (unpaired) electrons. The first-order valence-corrected chi connectivity index (χ1v) is 9.72. The van der Waals surface area contributed by atoms with Crippen molar-refractivity contribution in [1.82, 2.24) is 15.5 Å². The van der Waals surface area contributed by atoms with Gasteiger partial charge in [0.25, 0.3) is 0 Å². The highest BCUT2D eigenvalue weighted by molar-refractivity contribution is 14.0. The number of ether oxygens (including phenoxy) is 2. The van der Waals surface area contributed by atoms with Crippen LogP contribution in [0.3, 0.4) is 0 Å². The van der Waals surface area contributed by atoms with Crippen LogP contribution in [-0.4, -0.2) is 70.5 Å². The second kappa shape index (κ2) is 11.7. The molecule has 1 aliphatic heterocycles. The highest BCUT2D eigenvalue weighted by atomic mass is 127. The molecule has 0 unspecified atom stereocenters. The van der Waals surface area contributed by atoms with Gasteiger partial charge in [-0.15, -0.1) is 24.0 Å². The average molecular weight is 488 g/mol. The maximum Gasteiger partial charge on any atom is 0.191 e. The predicted octanol–water partition coefficient (Wildman–Crippen LogP) is 2.06. The molecule has 3 rings (SSSR count). The zero-order valence-electron chi connectivity index (χ0n) is 16.5. The van der Waals surface area contributed by atoms with Crippen LogP contribution in [0.15, 0.2) is 23.2 Å². The Kier molecular flexibility index (Phi) is 9.64. The molecule has 1 aromatic carbocycles. The van der Waals surface area contributed by atoms with E-state index in [1.165, 1.54) is 24.0 Å². The van der Waals surface area contributed by atoms with Crippen molar-refractivity contribution in [2.75, 3.05) is 53.6 Å². The Bertz CT molecular complexity index is 608. The fraction of sp³-hybridized carbons (Fsp3) is 0.650. The molecule has 2 N–H and O–H groups in total. The van der Waals surface area contributed by atoms with E-state index in [0.29, 0.717) is 0 Å². The molecule has 1 heterocycles. The summed E-state index contributed by atoms with van der Waals surface area (Å²) in [4.78, 5) is 6.84. The third-order valence-electron chi connectivity index (χ3n) is 5.02. The summed E-state index contributed by atoms with van der Waals surface area (Å²) in [7, 11) is 3.59. The summed E-state index contributed by atoms with van der Waals surface area (Å²) in [5.41, 5.74) is 2.68. The number of rotatable bonds is 10. The molecule has 1 saturated carbocycles. The van der Waals surface area contributed by atoms with Crippen molar-refractivity contribution < 1.29 is 9.47 Å². The zero-order chi connectivity index (χ0) is 18.2. The van der Waals surface area contributed by atoms with Gasteiger partial charge in [0, 0.05) is 52.8 Å². The van der Waals surface area contributed by atoms with Crippen LogP contribution in [0.2, 0.25) is 0 Å². The van der Waals surface area contributed by atoms with E-state index in [2.05, 4.69) is 38.7 Å². The van der Waals surface area contributed by atoms with Gasteiger partial charge in [-0.1, -0.05) is 12.1 Å². The van der Waals surface area contributed by atoms with E-state index in [0.717, 1.165) is 70.0 Å². The normalized spacial score (nSPS) is 15.9. The van der Waals surface area contributed by atoms with Crippen LogP contribution in [0.1, 0.15) is 24.0 Å². The molecule has 0 amide bonds. The quantitative estimate of drug-likeness (QED) is 0.300. The van der Waals surface area contributed by atoms with Gasteiger partial charge < -0.3 is 20.1 Å². The van der Waals surface area contributed by atoms with Crippen molar-refractivity contribution in [3.8, 4) is 5.75 Å². The van der Waals surface area contributed by atoms with Crippen LogP contribution in [-0.2, 0) is 17.6 Å². The summed E-state index contributed by atoms with van der Waals surface area (Å²) in [5, 5.41) is 6.84. The number of aliphatic imine (C=N–C) groups is 1. The second-order valence-electron chi connectivity index (χ2n) is 6.98. The zero-order valence-corrected chi connectivity index (χ0v) is 18.8. The topological polar surface area (TPSA) is 58.1 Å². The van der Waals surface area contributed by atoms with Gasteiger partial charge in [-0.05, 0) is 36.5 Å². The van der Waals surface area contributed by atoms with E-state index in [4.69, 9.17) is 9.47 Å². The number of nitrogens with one attached hydrogen (secondary N) is 2. The Labute approximate surface area is 180 Å². The molecule has 27 heavy (non-hydrogen) atoms. The fourth-order valence-corrected chi connectivity index (χ4v) is 3.38. The summed E-state index contributed by atoms with van der Waals surface area (Å²) in [5.74, 6) is 1.92. The van der Waals surface area contributed by atoms with Crippen LogP contribution in [0.25, 0.3) is 0 Å². The minimum absolute atomic E-state index is 0. The van der Waals surface area contributed by atoms with E-state index in [9.17, 15) is 0 Å². The molecule has 0 aromatic heterocycles. The average Bonchev–Trinajstić information content (AvgIpc) is 3.40. The largest absolute Gasteiger partial charge is 0.493 e. The number of hydrogen-bond acceptors (Lipinski definition) is 4. The maximum absolute atomic E-state index is 5.57. The van der Waals surface area contributed by atoms with Gasteiger partial charge in [-0.25, -0.2) is 0 Å².